The molecule has 0 aliphatic carbocycles. The fourth-order valence-corrected chi connectivity index (χ4v) is 2.22. The van der Waals surface area contributed by atoms with E-state index in [-0.39, 0.29) is 5.41 Å². The highest BCUT2D eigenvalue weighted by Gasteiger charge is 2.21. The van der Waals surface area contributed by atoms with E-state index in [1.165, 1.54) is 5.56 Å². The summed E-state index contributed by atoms with van der Waals surface area (Å²) in [6, 6.07) is 16.3. The SMILES string of the molecule is CC(C)(C)c1ccc(Oc2ccc(NCC3CO3)cc2)cc1. The first-order valence-electron chi connectivity index (χ1n) is 7.75. The summed E-state index contributed by atoms with van der Waals surface area (Å²) < 4.78 is 11.1. The molecule has 2 aromatic carbocycles. The van der Waals surface area contributed by atoms with Crippen molar-refractivity contribution in [3.63, 3.8) is 0 Å². The van der Waals surface area contributed by atoms with Crippen molar-refractivity contribution in [1.29, 1.82) is 0 Å². The summed E-state index contributed by atoms with van der Waals surface area (Å²) in [7, 11) is 0. The molecule has 3 nitrogen and oxygen atoms in total. The molecule has 22 heavy (non-hydrogen) atoms. The molecule has 0 bridgehead atoms. The van der Waals surface area contributed by atoms with E-state index in [2.05, 4.69) is 38.2 Å². The molecule has 1 unspecified atom stereocenters. The summed E-state index contributed by atoms with van der Waals surface area (Å²) in [6.45, 7) is 8.37. The minimum Gasteiger partial charge on any atom is -0.457 e. The van der Waals surface area contributed by atoms with Gasteiger partial charge >= 0.3 is 0 Å². The molecular formula is C19H23NO2. The third kappa shape index (κ3) is 4.01. The van der Waals surface area contributed by atoms with Gasteiger partial charge < -0.3 is 14.8 Å². The predicted molar refractivity (Wildman–Crippen MR) is 89.9 cm³/mol. The number of hydrogen-bond donors (Lipinski definition) is 1. The highest BCUT2D eigenvalue weighted by Crippen LogP contribution is 2.27. The fraction of sp³-hybridized carbons (Fsp3) is 0.368. The third-order valence-electron chi connectivity index (χ3n) is 3.75. The summed E-state index contributed by atoms with van der Waals surface area (Å²) >= 11 is 0. The van der Waals surface area contributed by atoms with E-state index in [4.69, 9.17) is 9.47 Å². The average Bonchev–Trinajstić information content (AvgIpc) is 3.30. The topological polar surface area (TPSA) is 33.8 Å². The first-order valence-corrected chi connectivity index (χ1v) is 7.75. The zero-order chi connectivity index (χ0) is 15.6. The van der Waals surface area contributed by atoms with Gasteiger partial charge in [-0.1, -0.05) is 32.9 Å². The Labute approximate surface area is 132 Å². The first kappa shape index (κ1) is 14.9. The molecule has 0 spiro atoms. The van der Waals surface area contributed by atoms with Crippen LogP contribution in [0.3, 0.4) is 0 Å². The number of rotatable bonds is 5. The number of epoxide rings is 1. The van der Waals surface area contributed by atoms with Gasteiger partial charge in [-0.05, 0) is 47.4 Å². The van der Waals surface area contributed by atoms with Crippen LogP contribution in [0.4, 0.5) is 5.69 Å². The van der Waals surface area contributed by atoms with Gasteiger partial charge in [0.2, 0.25) is 0 Å². The normalized spacial score (nSPS) is 17.1. The lowest BCUT2D eigenvalue weighted by Crippen LogP contribution is -2.10. The van der Waals surface area contributed by atoms with E-state index in [0.717, 1.165) is 30.3 Å². The second-order valence-corrected chi connectivity index (χ2v) is 6.74. The van der Waals surface area contributed by atoms with E-state index in [9.17, 15) is 0 Å². The van der Waals surface area contributed by atoms with E-state index in [0.29, 0.717) is 6.10 Å². The van der Waals surface area contributed by atoms with E-state index < -0.39 is 0 Å². The van der Waals surface area contributed by atoms with Crippen LogP contribution in [-0.2, 0) is 10.2 Å². The van der Waals surface area contributed by atoms with Crippen LogP contribution in [0.15, 0.2) is 48.5 Å². The minimum atomic E-state index is 0.164. The van der Waals surface area contributed by atoms with Crippen LogP contribution in [0.25, 0.3) is 0 Å². The summed E-state index contributed by atoms with van der Waals surface area (Å²) in [5.41, 5.74) is 2.56. The second-order valence-electron chi connectivity index (χ2n) is 6.74. The molecule has 0 radical (unpaired) electrons. The molecule has 1 atom stereocenters. The van der Waals surface area contributed by atoms with Gasteiger partial charge in [-0.3, -0.25) is 0 Å². The molecule has 0 aromatic heterocycles. The number of anilines is 1. The van der Waals surface area contributed by atoms with Crippen molar-refractivity contribution in [2.75, 3.05) is 18.5 Å². The Balaban J connectivity index is 1.60. The molecule has 1 N–H and O–H groups in total. The highest BCUT2D eigenvalue weighted by molar-refractivity contribution is 5.47. The lowest BCUT2D eigenvalue weighted by atomic mass is 9.87. The van der Waals surface area contributed by atoms with Crippen molar-refractivity contribution in [2.24, 2.45) is 0 Å². The monoisotopic (exact) mass is 297 g/mol. The molecule has 1 fully saturated rings. The Morgan fingerprint density at radius 1 is 1.00 bits per heavy atom. The van der Waals surface area contributed by atoms with Crippen molar-refractivity contribution < 1.29 is 9.47 Å². The van der Waals surface area contributed by atoms with Gasteiger partial charge in [-0.2, -0.15) is 0 Å². The van der Waals surface area contributed by atoms with Gasteiger partial charge in [-0.25, -0.2) is 0 Å². The summed E-state index contributed by atoms with van der Waals surface area (Å²) in [4.78, 5) is 0. The van der Waals surface area contributed by atoms with Crippen molar-refractivity contribution in [3.8, 4) is 11.5 Å². The fourth-order valence-electron chi connectivity index (χ4n) is 2.22. The number of benzene rings is 2. The number of nitrogens with one attached hydrogen (secondary N) is 1. The largest absolute Gasteiger partial charge is 0.457 e. The molecule has 1 saturated heterocycles. The Kier molecular flexibility index (Phi) is 4.08. The van der Waals surface area contributed by atoms with Crippen molar-refractivity contribution in [2.45, 2.75) is 32.3 Å². The van der Waals surface area contributed by atoms with Gasteiger partial charge in [0.1, 0.15) is 11.5 Å². The molecule has 0 saturated carbocycles. The van der Waals surface area contributed by atoms with E-state index >= 15 is 0 Å². The highest BCUT2D eigenvalue weighted by atomic mass is 16.6. The van der Waals surface area contributed by atoms with Gasteiger partial charge in [0.25, 0.3) is 0 Å². The maximum atomic E-state index is 5.89. The third-order valence-corrected chi connectivity index (χ3v) is 3.75. The maximum Gasteiger partial charge on any atom is 0.127 e. The lowest BCUT2D eigenvalue weighted by Gasteiger charge is -2.19. The maximum absolute atomic E-state index is 5.89. The molecule has 1 aliphatic heterocycles. The van der Waals surface area contributed by atoms with Crippen molar-refractivity contribution >= 4 is 5.69 Å². The molecule has 1 heterocycles. The lowest BCUT2D eigenvalue weighted by molar-refractivity contribution is 0.416. The van der Waals surface area contributed by atoms with Crippen LogP contribution >= 0.6 is 0 Å². The van der Waals surface area contributed by atoms with Crippen LogP contribution in [0, 0.1) is 0 Å². The Bertz CT molecular complexity index is 607. The number of ether oxygens (including phenoxy) is 2. The van der Waals surface area contributed by atoms with Gasteiger partial charge in [0.15, 0.2) is 0 Å². The molecule has 3 heteroatoms. The van der Waals surface area contributed by atoms with Gasteiger partial charge in [-0.15, -0.1) is 0 Å². The quantitative estimate of drug-likeness (QED) is 0.820. The van der Waals surface area contributed by atoms with Gasteiger partial charge in [0.05, 0.1) is 12.7 Å². The Morgan fingerprint density at radius 2 is 1.55 bits per heavy atom. The summed E-state index contributed by atoms with van der Waals surface area (Å²) in [6.07, 6.45) is 0.386. The molecule has 2 aromatic rings. The van der Waals surface area contributed by atoms with Crippen LogP contribution < -0.4 is 10.1 Å². The summed E-state index contributed by atoms with van der Waals surface area (Å²) in [5, 5.41) is 3.34. The zero-order valence-electron chi connectivity index (χ0n) is 13.4. The molecule has 1 aliphatic rings. The zero-order valence-corrected chi connectivity index (χ0v) is 13.4. The average molecular weight is 297 g/mol. The van der Waals surface area contributed by atoms with Crippen LogP contribution in [0.1, 0.15) is 26.3 Å². The smallest absolute Gasteiger partial charge is 0.127 e. The van der Waals surface area contributed by atoms with Crippen molar-refractivity contribution in [1.82, 2.24) is 0 Å². The second kappa shape index (κ2) is 6.01. The molecule has 3 rings (SSSR count). The Morgan fingerprint density at radius 3 is 2.05 bits per heavy atom. The molecule has 116 valence electrons. The van der Waals surface area contributed by atoms with Crippen LogP contribution in [0.2, 0.25) is 0 Å². The molecular weight excluding hydrogens is 274 g/mol. The van der Waals surface area contributed by atoms with E-state index in [1.807, 2.05) is 36.4 Å². The predicted octanol–water partition coefficient (Wildman–Crippen LogP) is 4.59. The van der Waals surface area contributed by atoms with Crippen LogP contribution in [0.5, 0.6) is 11.5 Å². The van der Waals surface area contributed by atoms with E-state index in [1.54, 1.807) is 0 Å². The Hall–Kier alpha value is -2.00. The summed E-state index contributed by atoms with van der Waals surface area (Å²) in [5.74, 6) is 1.71. The minimum absolute atomic E-state index is 0.164. The van der Waals surface area contributed by atoms with Gasteiger partial charge in [0, 0.05) is 12.2 Å². The number of hydrogen-bond acceptors (Lipinski definition) is 3. The molecule has 0 amide bonds. The first-order chi connectivity index (χ1) is 10.5. The standard InChI is InChI=1S/C19H23NO2/c1-19(2,3)14-4-8-16(9-5-14)22-17-10-6-15(7-11-17)20-12-18-13-21-18/h4-11,18,20H,12-13H2,1-3H3. The van der Waals surface area contributed by atoms with Crippen LogP contribution in [-0.4, -0.2) is 19.3 Å². The van der Waals surface area contributed by atoms with Crippen molar-refractivity contribution in [3.05, 3.63) is 54.1 Å².